The lowest BCUT2D eigenvalue weighted by Gasteiger charge is -2.19. The molecule has 16 nitrogen and oxygen atoms in total. The lowest BCUT2D eigenvalue weighted by atomic mass is 10.1. The summed E-state index contributed by atoms with van der Waals surface area (Å²) in [5, 5.41) is 12.9. The maximum atomic E-state index is 13.9. The lowest BCUT2D eigenvalue weighted by molar-refractivity contribution is -0.193. The highest BCUT2D eigenvalue weighted by atomic mass is 19.2. The van der Waals surface area contributed by atoms with Gasteiger partial charge in [-0.05, 0) is 50.7 Å². The number of benzene rings is 4. The predicted molar refractivity (Wildman–Crippen MR) is 280 cm³/mol. The van der Waals surface area contributed by atoms with Crippen molar-refractivity contribution in [3.63, 3.8) is 0 Å². The summed E-state index contributed by atoms with van der Waals surface area (Å²) in [5.41, 5.74) is -0.0582. The molecule has 3 heterocycles. The number of carbonyl (C=O) groups excluding carboxylic acids is 6. The van der Waals surface area contributed by atoms with Gasteiger partial charge in [-0.1, -0.05) is 79.7 Å². The monoisotopic (exact) mass is 1120 g/mol. The van der Waals surface area contributed by atoms with E-state index in [2.05, 4.69) is 23.8 Å². The van der Waals surface area contributed by atoms with Crippen molar-refractivity contribution in [2.24, 2.45) is 13.0 Å². The Hall–Kier alpha value is -8.94. The maximum absolute atomic E-state index is 13.9. The Labute approximate surface area is 456 Å². The number of ether oxygens (including phenoxy) is 3. The highest BCUT2D eigenvalue weighted by molar-refractivity contribution is 5.94. The number of hydrogen-bond acceptors (Lipinski definition) is 12. The third kappa shape index (κ3) is 22.2. The molecule has 426 valence electrons. The fraction of sp³-hybridized carbons (Fsp3) is 0.276. The number of aryl methyl sites for hydroxylation is 1. The van der Waals surface area contributed by atoms with Crippen LogP contribution in [0.4, 0.5) is 26.3 Å². The number of nitrogens with one attached hydrogen (secondary N) is 2. The summed E-state index contributed by atoms with van der Waals surface area (Å²) in [5.74, 6) is -8.28. The first-order valence-electron chi connectivity index (χ1n) is 24.2. The number of nitrogens with zero attached hydrogens (tertiary/aromatic N) is 2. The number of hydrogen-bond donors (Lipinski definition) is 3. The van der Waals surface area contributed by atoms with Crippen molar-refractivity contribution < 1.29 is 74.4 Å². The topological polar surface area (TPSA) is 218 Å². The average molecular weight is 1120 g/mol. The molecule has 2 aromatic heterocycles. The molecule has 7 rings (SSSR count). The Morgan fingerprint density at radius 2 is 1.02 bits per heavy atom. The van der Waals surface area contributed by atoms with E-state index in [0.717, 1.165) is 24.3 Å². The Bertz CT molecular complexity index is 3130. The number of aromatic nitrogens is 2. The van der Waals surface area contributed by atoms with Gasteiger partial charge in [-0.2, -0.15) is 19.2 Å². The summed E-state index contributed by atoms with van der Waals surface area (Å²) < 4.78 is 101. The quantitative estimate of drug-likeness (QED) is 0.0612. The fourth-order valence-corrected chi connectivity index (χ4v) is 6.74. The molecule has 0 saturated carbocycles. The van der Waals surface area contributed by atoms with Crippen LogP contribution in [0.15, 0.2) is 132 Å². The number of aliphatic hydroxyl groups excluding tert-OH is 1. The van der Waals surface area contributed by atoms with E-state index < -0.39 is 81.8 Å². The third-order valence-electron chi connectivity index (χ3n) is 11.2. The smallest absolute Gasteiger partial charge is 0.373 e. The molecule has 1 saturated heterocycles. The summed E-state index contributed by atoms with van der Waals surface area (Å²) >= 11 is 0. The molecule has 1 fully saturated rings. The van der Waals surface area contributed by atoms with Gasteiger partial charge in [0.25, 0.3) is 11.8 Å². The van der Waals surface area contributed by atoms with E-state index in [1.807, 2.05) is 67.6 Å². The Morgan fingerprint density at radius 1 is 0.662 bits per heavy atom. The number of carbonyl (C=O) groups is 2. The summed E-state index contributed by atoms with van der Waals surface area (Å²) in [6.45, 7) is 15.6. The van der Waals surface area contributed by atoms with Gasteiger partial charge >= 0.3 is 12.3 Å². The number of halogens is 6. The van der Waals surface area contributed by atoms with Crippen LogP contribution >= 0.6 is 0 Å². The molecule has 1 aliphatic rings. The normalized spacial score (nSPS) is 11.6. The molecule has 0 aliphatic carbocycles. The molecule has 0 radical (unpaired) electrons. The molecule has 2 amide bonds. The number of pyridine rings is 2. The second kappa shape index (κ2) is 35.5. The van der Waals surface area contributed by atoms with Crippen LogP contribution in [0.5, 0.6) is 11.5 Å². The van der Waals surface area contributed by atoms with Crippen molar-refractivity contribution in [1.82, 2.24) is 19.8 Å². The Kier molecular flexibility index (Phi) is 29.8. The van der Waals surface area contributed by atoms with Crippen LogP contribution in [-0.2, 0) is 63.8 Å². The largest absolute Gasteiger partial charge is 0.483 e. The molecule has 3 N–H and O–H groups in total. The minimum absolute atomic E-state index is 0.00640. The summed E-state index contributed by atoms with van der Waals surface area (Å²) in [6.07, 6.45) is 8.62. The standard InChI is InChI=1S/C26H25F3N2O3.C22H19F3N2O3.2C4H8O.2CO2/c1-4-16(2)13-31-14-21(26(33)30-12-20-22(28)10-19(27)11-23(20)29)24(32)25(17(31)3)34-15-18-8-6-5-7-9-18;1-13-21(30-12-14-6-4-3-5-7-14)20(28)17(11-27(13)2)22(29)26-10-16-18(24)8-15(23)9-19(16)25;1-2-4-5-3-1;1-3-4(2)5;2*2-1-3/h4-11,14,16H,1,12-13,15H2,2-3H3,(H,30,33);3-9,11H,10,12H2,1-2H3,(H,26,29);1-4H2;3-5H,1H2,2H3;;. The van der Waals surface area contributed by atoms with E-state index in [-0.39, 0.29) is 60.2 Å². The molecular weight excluding hydrogens is 1060 g/mol. The first kappa shape index (κ1) is 67.2. The van der Waals surface area contributed by atoms with Gasteiger partial charge in [-0.3, -0.25) is 19.2 Å². The van der Waals surface area contributed by atoms with Crippen molar-refractivity contribution in [3.8, 4) is 11.5 Å². The molecular formula is C58H60F6N4O12. The van der Waals surface area contributed by atoms with Gasteiger partial charge in [0.15, 0.2) is 11.5 Å². The van der Waals surface area contributed by atoms with Gasteiger partial charge in [0.05, 0.1) is 17.5 Å². The lowest BCUT2D eigenvalue weighted by Crippen LogP contribution is -2.31. The van der Waals surface area contributed by atoms with E-state index in [9.17, 15) is 45.5 Å². The van der Waals surface area contributed by atoms with Gasteiger partial charge in [-0.25, -0.2) is 26.3 Å². The van der Waals surface area contributed by atoms with Gasteiger partial charge in [0.2, 0.25) is 10.9 Å². The van der Waals surface area contributed by atoms with Crippen LogP contribution in [0.3, 0.4) is 0 Å². The molecule has 22 heteroatoms. The summed E-state index contributed by atoms with van der Waals surface area (Å²) in [4.78, 5) is 83.8. The molecule has 2 atom stereocenters. The third-order valence-corrected chi connectivity index (χ3v) is 11.2. The minimum atomic E-state index is -1.13. The van der Waals surface area contributed by atoms with Crippen LogP contribution in [0.25, 0.3) is 0 Å². The number of allylic oxidation sites excluding steroid dienone is 1. The van der Waals surface area contributed by atoms with E-state index in [1.54, 1.807) is 43.0 Å². The SMILES string of the molecule is C1CCOC1.C=CC(C)Cn1cc(C(=O)NCc2c(F)cc(F)cc2F)c(=O)c(OCc2ccccc2)c1C.C=CC(C)O.Cc1c(OCc2ccccc2)c(=O)c(C(=O)NCc2c(F)cc(F)cc2F)cn1C.O=C=O.O=C=O. The van der Waals surface area contributed by atoms with Crippen molar-refractivity contribution in [1.29, 1.82) is 0 Å². The van der Waals surface area contributed by atoms with Gasteiger partial charge in [0, 0.05) is 87.7 Å². The zero-order chi connectivity index (χ0) is 59.9. The van der Waals surface area contributed by atoms with E-state index in [1.165, 1.54) is 31.3 Å². The van der Waals surface area contributed by atoms with Crippen molar-refractivity contribution >= 4 is 24.1 Å². The van der Waals surface area contributed by atoms with Crippen molar-refractivity contribution in [2.75, 3.05) is 13.2 Å². The number of amides is 2. The second-order valence-electron chi connectivity index (χ2n) is 17.1. The van der Waals surface area contributed by atoms with E-state index in [4.69, 9.17) is 38.5 Å². The first-order valence-corrected chi connectivity index (χ1v) is 24.2. The first-order chi connectivity index (χ1) is 38.1. The molecule has 4 aromatic carbocycles. The molecule has 80 heavy (non-hydrogen) atoms. The number of aliphatic hydroxyl groups is 1. The molecule has 2 unspecified atom stereocenters. The van der Waals surface area contributed by atoms with E-state index in [0.29, 0.717) is 42.2 Å². The fourth-order valence-electron chi connectivity index (χ4n) is 6.74. The van der Waals surface area contributed by atoms with Crippen molar-refractivity contribution in [2.45, 2.75) is 79.5 Å². The average Bonchev–Trinajstić information content (AvgIpc) is 4.09. The minimum Gasteiger partial charge on any atom is -0.483 e. The van der Waals surface area contributed by atoms with Crippen molar-refractivity contribution in [3.05, 3.63) is 223 Å². The van der Waals surface area contributed by atoms with Gasteiger partial charge in [0.1, 0.15) is 59.2 Å². The Balaban J connectivity index is 0.000000431. The summed E-state index contributed by atoms with van der Waals surface area (Å²) in [6, 6.07) is 20.5. The molecule has 6 aromatic rings. The molecule has 1 aliphatic heterocycles. The van der Waals surface area contributed by atoms with Crippen LogP contribution in [0.1, 0.15) is 81.0 Å². The van der Waals surface area contributed by atoms with Gasteiger partial charge < -0.3 is 39.1 Å². The second-order valence-corrected chi connectivity index (χ2v) is 17.1. The zero-order valence-corrected chi connectivity index (χ0v) is 44.4. The van der Waals surface area contributed by atoms with Crippen LogP contribution in [0.2, 0.25) is 0 Å². The predicted octanol–water partition coefficient (Wildman–Crippen LogP) is 8.71. The molecule has 0 bridgehead atoms. The van der Waals surface area contributed by atoms with E-state index >= 15 is 0 Å². The highest BCUT2D eigenvalue weighted by Crippen LogP contribution is 2.21. The number of rotatable bonds is 16. The maximum Gasteiger partial charge on any atom is 0.373 e. The zero-order valence-electron chi connectivity index (χ0n) is 44.4. The van der Waals surface area contributed by atoms with Gasteiger partial charge in [-0.15, -0.1) is 13.2 Å². The van der Waals surface area contributed by atoms with Crippen LogP contribution in [0, 0.1) is 54.7 Å². The van der Waals surface area contributed by atoms with Crippen LogP contribution in [-0.4, -0.2) is 57.7 Å². The summed E-state index contributed by atoms with van der Waals surface area (Å²) in [7, 11) is 1.64. The molecule has 0 spiro atoms. The Morgan fingerprint density at radius 3 is 1.36 bits per heavy atom. The highest BCUT2D eigenvalue weighted by Gasteiger charge is 2.23. The van der Waals surface area contributed by atoms with Crippen LogP contribution < -0.4 is 31.0 Å².